The van der Waals surface area contributed by atoms with Crippen molar-refractivity contribution >= 4 is 6.02 Å². The lowest BCUT2D eigenvalue weighted by atomic mass is 9.82. The number of nitrogens with zero attached hydrogens (tertiary/aromatic N) is 1. The van der Waals surface area contributed by atoms with Crippen LogP contribution in [0.4, 0.5) is 0 Å². The normalized spacial score (nSPS) is 26.2. The molecule has 2 unspecified atom stereocenters. The fraction of sp³-hybridized carbons (Fsp3) is 0.435. The SMILES string of the molecule is CC1(c2ccccc2)NC(OCC2CCCCC2)=NC1c1ccccc1. The minimum Gasteiger partial charge on any atom is -0.465 e. The summed E-state index contributed by atoms with van der Waals surface area (Å²) < 4.78 is 6.15. The highest BCUT2D eigenvalue weighted by molar-refractivity contribution is 5.78. The van der Waals surface area contributed by atoms with Crippen LogP contribution in [0, 0.1) is 5.92 Å². The predicted molar refractivity (Wildman–Crippen MR) is 106 cm³/mol. The molecule has 26 heavy (non-hydrogen) atoms. The summed E-state index contributed by atoms with van der Waals surface area (Å²) in [7, 11) is 0. The van der Waals surface area contributed by atoms with Gasteiger partial charge < -0.3 is 10.1 Å². The smallest absolute Gasteiger partial charge is 0.286 e. The van der Waals surface area contributed by atoms with Crippen LogP contribution in [0.2, 0.25) is 0 Å². The van der Waals surface area contributed by atoms with Gasteiger partial charge in [-0.15, -0.1) is 0 Å². The van der Waals surface area contributed by atoms with Crippen molar-refractivity contribution in [3.05, 3.63) is 71.8 Å². The van der Waals surface area contributed by atoms with Crippen LogP contribution in [0.1, 0.15) is 56.2 Å². The van der Waals surface area contributed by atoms with Crippen molar-refractivity contribution in [2.75, 3.05) is 6.61 Å². The Kier molecular flexibility index (Phi) is 4.96. The van der Waals surface area contributed by atoms with Gasteiger partial charge in [0.15, 0.2) is 0 Å². The van der Waals surface area contributed by atoms with Gasteiger partial charge in [0.1, 0.15) is 6.04 Å². The second kappa shape index (κ2) is 7.53. The second-order valence-electron chi connectivity index (χ2n) is 7.76. The molecule has 1 aliphatic carbocycles. The van der Waals surface area contributed by atoms with Crippen molar-refractivity contribution in [2.45, 2.75) is 50.6 Å². The molecular weight excluding hydrogens is 320 g/mol. The van der Waals surface area contributed by atoms with Crippen molar-refractivity contribution in [3.8, 4) is 0 Å². The number of hydrogen-bond acceptors (Lipinski definition) is 3. The van der Waals surface area contributed by atoms with E-state index in [0.717, 1.165) is 6.61 Å². The molecule has 0 aromatic heterocycles. The Bertz CT molecular complexity index is 737. The molecule has 0 saturated heterocycles. The largest absolute Gasteiger partial charge is 0.465 e. The zero-order valence-corrected chi connectivity index (χ0v) is 15.5. The van der Waals surface area contributed by atoms with E-state index in [-0.39, 0.29) is 11.6 Å². The van der Waals surface area contributed by atoms with Gasteiger partial charge in [0.2, 0.25) is 0 Å². The first kappa shape index (κ1) is 17.1. The van der Waals surface area contributed by atoms with Crippen molar-refractivity contribution in [2.24, 2.45) is 10.9 Å². The van der Waals surface area contributed by atoms with E-state index in [4.69, 9.17) is 9.73 Å². The second-order valence-corrected chi connectivity index (χ2v) is 7.76. The monoisotopic (exact) mass is 348 g/mol. The van der Waals surface area contributed by atoms with E-state index < -0.39 is 0 Å². The van der Waals surface area contributed by atoms with Crippen LogP contribution in [0.25, 0.3) is 0 Å². The van der Waals surface area contributed by atoms with Crippen LogP contribution in [-0.4, -0.2) is 12.6 Å². The molecule has 1 N–H and O–H groups in total. The minimum atomic E-state index is -0.301. The molecule has 1 heterocycles. The number of hydrogen-bond donors (Lipinski definition) is 1. The lowest BCUT2D eigenvalue weighted by Gasteiger charge is -2.31. The molecule has 2 aromatic rings. The topological polar surface area (TPSA) is 33.6 Å². The summed E-state index contributed by atoms with van der Waals surface area (Å²) in [5.41, 5.74) is 2.14. The Labute approximate surface area is 156 Å². The summed E-state index contributed by atoms with van der Waals surface area (Å²) in [6.07, 6.45) is 6.61. The third kappa shape index (κ3) is 3.48. The van der Waals surface area contributed by atoms with Gasteiger partial charge in [0.05, 0.1) is 12.1 Å². The van der Waals surface area contributed by atoms with E-state index in [1.807, 2.05) is 0 Å². The van der Waals surface area contributed by atoms with E-state index in [2.05, 4.69) is 72.9 Å². The summed E-state index contributed by atoms with van der Waals surface area (Å²) in [4.78, 5) is 4.96. The van der Waals surface area contributed by atoms with Crippen molar-refractivity contribution < 1.29 is 4.74 Å². The number of benzene rings is 2. The lowest BCUT2D eigenvalue weighted by molar-refractivity contribution is 0.190. The molecule has 1 aliphatic heterocycles. The molecule has 0 amide bonds. The van der Waals surface area contributed by atoms with Gasteiger partial charge in [0, 0.05) is 0 Å². The van der Waals surface area contributed by atoms with E-state index >= 15 is 0 Å². The van der Waals surface area contributed by atoms with Crippen LogP contribution < -0.4 is 5.32 Å². The molecule has 1 saturated carbocycles. The fourth-order valence-electron chi connectivity index (χ4n) is 4.25. The zero-order chi connectivity index (χ0) is 17.8. The molecular formula is C23H28N2O. The number of rotatable bonds is 4. The van der Waals surface area contributed by atoms with E-state index in [0.29, 0.717) is 11.9 Å². The summed E-state index contributed by atoms with van der Waals surface area (Å²) in [6, 6.07) is 21.8. The lowest BCUT2D eigenvalue weighted by Crippen LogP contribution is -2.42. The molecule has 2 aliphatic rings. The molecule has 0 bridgehead atoms. The quantitative estimate of drug-likeness (QED) is 0.824. The average Bonchev–Trinajstić information content (AvgIpc) is 3.06. The molecule has 2 aromatic carbocycles. The molecule has 0 radical (unpaired) electrons. The van der Waals surface area contributed by atoms with E-state index in [1.165, 1.54) is 43.2 Å². The maximum Gasteiger partial charge on any atom is 0.286 e. The zero-order valence-electron chi connectivity index (χ0n) is 15.5. The van der Waals surface area contributed by atoms with E-state index in [9.17, 15) is 0 Å². The molecule has 0 spiro atoms. The van der Waals surface area contributed by atoms with Gasteiger partial charge >= 0.3 is 0 Å². The summed E-state index contributed by atoms with van der Waals surface area (Å²) in [5.74, 6) is 0.673. The number of nitrogens with one attached hydrogen (secondary N) is 1. The van der Waals surface area contributed by atoms with Crippen LogP contribution in [0.15, 0.2) is 65.7 Å². The van der Waals surface area contributed by atoms with Gasteiger partial charge in [-0.05, 0) is 36.8 Å². The predicted octanol–water partition coefficient (Wildman–Crippen LogP) is 5.20. The Morgan fingerprint density at radius 1 is 0.962 bits per heavy atom. The van der Waals surface area contributed by atoms with Gasteiger partial charge in [-0.3, -0.25) is 0 Å². The van der Waals surface area contributed by atoms with Gasteiger partial charge in [0.25, 0.3) is 6.02 Å². The van der Waals surface area contributed by atoms with Crippen molar-refractivity contribution in [1.82, 2.24) is 5.32 Å². The Balaban J connectivity index is 1.57. The third-order valence-corrected chi connectivity index (χ3v) is 5.83. The third-order valence-electron chi connectivity index (χ3n) is 5.83. The summed E-state index contributed by atoms with van der Waals surface area (Å²) in [6.45, 7) is 3.00. The van der Waals surface area contributed by atoms with Gasteiger partial charge in [-0.25, -0.2) is 4.99 Å². The number of ether oxygens (including phenoxy) is 1. The van der Waals surface area contributed by atoms with Crippen LogP contribution in [0.3, 0.4) is 0 Å². The molecule has 3 nitrogen and oxygen atoms in total. The minimum absolute atomic E-state index is 0.00690. The maximum absolute atomic E-state index is 6.15. The van der Waals surface area contributed by atoms with Gasteiger partial charge in [-0.2, -0.15) is 0 Å². The van der Waals surface area contributed by atoms with Gasteiger partial charge in [-0.1, -0.05) is 79.9 Å². The highest BCUT2D eigenvalue weighted by Crippen LogP contribution is 2.41. The first-order valence-electron chi connectivity index (χ1n) is 9.85. The number of aliphatic imine (C=N–C) groups is 1. The van der Waals surface area contributed by atoms with Crippen LogP contribution >= 0.6 is 0 Å². The average molecular weight is 348 g/mol. The molecule has 1 fully saturated rings. The van der Waals surface area contributed by atoms with Crippen LogP contribution in [-0.2, 0) is 10.3 Å². The Morgan fingerprint density at radius 3 is 2.31 bits per heavy atom. The molecule has 2 atom stereocenters. The van der Waals surface area contributed by atoms with Crippen LogP contribution in [0.5, 0.6) is 0 Å². The fourth-order valence-corrected chi connectivity index (χ4v) is 4.25. The summed E-state index contributed by atoms with van der Waals surface area (Å²) >= 11 is 0. The molecule has 3 heteroatoms. The Morgan fingerprint density at radius 2 is 1.62 bits per heavy atom. The first-order valence-corrected chi connectivity index (χ1v) is 9.85. The number of amidine groups is 1. The van der Waals surface area contributed by atoms with E-state index in [1.54, 1.807) is 0 Å². The highest BCUT2D eigenvalue weighted by Gasteiger charge is 2.43. The maximum atomic E-state index is 6.15. The van der Waals surface area contributed by atoms with Crippen molar-refractivity contribution in [3.63, 3.8) is 0 Å². The first-order chi connectivity index (χ1) is 12.8. The molecule has 136 valence electrons. The molecule has 4 rings (SSSR count). The van der Waals surface area contributed by atoms with Crippen molar-refractivity contribution in [1.29, 1.82) is 0 Å². The summed E-state index contributed by atoms with van der Waals surface area (Å²) in [5, 5.41) is 3.60. The highest BCUT2D eigenvalue weighted by atomic mass is 16.5. The standard InChI is InChI=1S/C23H28N2O/c1-23(20-15-9-4-10-16-20)21(19-13-7-3-8-14-19)24-22(25-23)26-17-18-11-5-2-6-12-18/h3-4,7-10,13-16,18,21H,2,5-6,11-12,17H2,1H3,(H,24,25). The Hall–Kier alpha value is -2.29.